The van der Waals surface area contributed by atoms with E-state index in [4.69, 9.17) is 22.4 Å². The van der Waals surface area contributed by atoms with Crippen LogP contribution in [0.25, 0.3) is 0 Å². The number of nitrogens with two attached hydrogens (primary N) is 1. The van der Waals surface area contributed by atoms with Crippen molar-refractivity contribution >= 4 is 17.3 Å². The maximum atomic E-state index is 9.68. The maximum absolute atomic E-state index is 9.68. The third-order valence-electron chi connectivity index (χ3n) is 2.00. The molecular formula is C9H13ClN2O3. The Morgan fingerprint density at radius 3 is 2.73 bits per heavy atom. The lowest BCUT2D eigenvalue weighted by molar-refractivity contribution is 0.00413. The molecule has 0 amide bonds. The van der Waals surface area contributed by atoms with Crippen molar-refractivity contribution in [1.29, 1.82) is 0 Å². The Hall–Kier alpha value is -0.880. The van der Waals surface area contributed by atoms with E-state index in [1.807, 2.05) is 0 Å². The predicted octanol–water partition coefficient (Wildman–Crippen LogP) is 0.0939. The first-order valence-electron chi connectivity index (χ1n) is 4.44. The molecule has 0 saturated heterocycles. The largest absolute Gasteiger partial charge is 0.397 e. The molecule has 15 heavy (non-hydrogen) atoms. The van der Waals surface area contributed by atoms with Gasteiger partial charge in [0.15, 0.2) is 0 Å². The fourth-order valence-electron chi connectivity index (χ4n) is 1.19. The quantitative estimate of drug-likeness (QED) is 0.552. The SMILES string of the molecule is Nc1cnc(Cl)c(C(O)C(O)CCO)c1. The van der Waals surface area contributed by atoms with E-state index in [0.29, 0.717) is 5.69 Å². The number of aliphatic hydroxyl groups is 3. The third-order valence-corrected chi connectivity index (χ3v) is 2.31. The first-order chi connectivity index (χ1) is 7.06. The summed E-state index contributed by atoms with van der Waals surface area (Å²) in [6.07, 6.45) is -0.861. The fourth-order valence-corrected chi connectivity index (χ4v) is 1.40. The van der Waals surface area contributed by atoms with E-state index in [1.54, 1.807) is 0 Å². The van der Waals surface area contributed by atoms with Gasteiger partial charge < -0.3 is 21.1 Å². The lowest BCUT2D eigenvalue weighted by atomic mass is 10.0. The molecular weight excluding hydrogens is 220 g/mol. The van der Waals surface area contributed by atoms with Crippen LogP contribution in [0.4, 0.5) is 5.69 Å². The lowest BCUT2D eigenvalue weighted by Gasteiger charge is -2.18. The smallest absolute Gasteiger partial charge is 0.135 e. The summed E-state index contributed by atoms with van der Waals surface area (Å²) in [7, 11) is 0. The summed E-state index contributed by atoms with van der Waals surface area (Å²) in [6.45, 7) is -0.217. The van der Waals surface area contributed by atoms with Crippen LogP contribution in [0.5, 0.6) is 0 Å². The van der Waals surface area contributed by atoms with Crippen molar-refractivity contribution in [3.05, 3.63) is 23.0 Å². The Labute approximate surface area is 92.1 Å². The van der Waals surface area contributed by atoms with Gasteiger partial charge in [-0.25, -0.2) is 4.98 Å². The standard InChI is InChI=1S/C9H13ClN2O3/c10-9-6(3-5(11)4-12-9)8(15)7(14)1-2-13/h3-4,7-8,13-15H,1-2,11H2. The number of halogens is 1. The molecule has 84 valence electrons. The number of nitrogens with zero attached hydrogens (tertiary/aromatic N) is 1. The topological polar surface area (TPSA) is 99.6 Å². The van der Waals surface area contributed by atoms with E-state index >= 15 is 0 Å². The van der Waals surface area contributed by atoms with Crippen molar-refractivity contribution < 1.29 is 15.3 Å². The molecule has 0 aliphatic heterocycles. The molecule has 0 saturated carbocycles. The van der Waals surface area contributed by atoms with Crippen LogP contribution in [0, 0.1) is 0 Å². The van der Waals surface area contributed by atoms with Crippen molar-refractivity contribution in [2.75, 3.05) is 12.3 Å². The van der Waals surface area contributed by atoms with Crippen molar-refractivity contribution in [2.45, 2.75) is 18.6 Å². The molecule has 1 heterocycles. The number of rotatable bonds is 4. The van der Waals surface area contributed by atoms with Gasteiger partial charge >= 0.3 is 0 Å². The van der Waals surface area contributed by atoms with Gasteiger partial charge in [-0.2, -0.15) is 0 Å². The molecule has 6 heteroatoms. The second-order valence-electron chi connectivity index (χ2n) is 3.17. The van der Waals surface area contributed by atoms with Gasteiger partial charge in [0.25, 0.3) is 0 Å². The minimum atomic E-state index is -1.19. The normalized spacial score (nSPS) is 14.9. The number of hydrogen-bond acceptors (Lipinski definition) is 5. The van der Waals surface area contributed by atoms with E-state index in [2.05, 4.69) is 4.98 Å². The van der Waals surface area contributed by atoms with Gasteiger partial charge in [0.05, 0.1) is 18.0 Å². The highest BCUT2D eigenvalue weighted by atomic mass is 35.5. The van der Waals surface area contributed by atoms with Gasteiger partial charge in [0, 0.05) is 12.2 Å². The van der Waals surface area contributed by atoms with Crippen molar-refractivity contribution in [3.63, 3.8) is 0 Å². The number of pyridine rings is 1. The molecule has 5 N–H and O–H groups in total. The molecule has 5 nitrogen and oxygen atoms in total. The van der Waals surface area contributed by atoms with Crippen LogP contribution in [0.2, 0.25) is 5.15 Å². The summed E-state index contributed by atoms with van der Waals surface area (Å²) in [4.78, 5) is 3.75. The zero-order valence-corrected chi connectivity index (χ0v) is 8.72. The summed E-state index contributed by atoms with van der Waals surface area (Å²) in [5.74, 6) is 0. The van der Waals surface area contributed by atoms with Crippen LogP contribution >= 0.6 is 11.6 Å². The van der Waals surface area contributed by atoms with E-state index in [0.717, 1.165) is 0 Å². The highest BCUT2D eigenvalue weighted by Crippen LogP contribution is 2.26. The number of nitrogen functional groups attached to an aromatic ring is 1. The first kappa shape index (κ1) is 12.2. The Morgan fingerprint density at radius 2 is 2.13 bits per heavy atom. The van der Waals surface area contributed by atoms with Crippen molar-refractivity contribution in [2.24, 2.45) is 0 Å². The van der Waals surface area contributed by atoms with Crippen molar-refractivity contribution in [3.8, 4) is 0 Å². The Morgan fingerprint density at radius 1 is 1.47 bits per heavy atom. The van der Waals surface area contributed by atoms with Crippen LogP contribution in [0.15, 0.2) is 12.3 Å². The average Bonchev–Trinajstić information content (AvgIpc) is 2.21. The highest BCUT2D eigenvalue weighted by molar-refractivity contribution is 6.30. The van der Waals surface area contributed by atoms with Gasteiger partial charge in [-0.15, -0.1) is 0 Å². The van der Waals surface area contributed by atoms with Gasteiger partial charge in [-0.1, -0.05) is 11.6 Å². The minimum Gasteiger partial charge on any atom is -0.397 e. The zero-order valence-electron chi connectivity index (χ0n) is 7.97. The number of hydrogen-bond donors (Lipinski definition) is 4. The molecule has 1 rings (SSSR count). The van der Waals surface area contributed by atoms with Gasteiger partial charge in [0.1, 0.15) is 11.3 Å². The molecule has 0 fully saturated rings. The van der Waals surface area contributed by atoms with Crippen molar-refractivity contribution in [1.82, 2.24) is 4.98 Å². The molecule has 0 bridgehead atoms. The second kappa shape index (κ2) is 5.27. The highest BCUT2D eigenvalue weighted by Gasteiger charge is 2.21. The molecule has 2 atom stereocenters. The van der Waals surface area contributed by atoms with E-state index in [-0.39, 0.29) is 23.7 Å². The first-order valence-corrected chi connectivity index (χ1v) is 4.82. The third kappa shape index (κ3) is 3.04. The molecule has 0 aliphatic rings. The zero-order chi connectivity index (χ0) is 11.4. The fraction of sp³-hybridized carbons (Fsp3) is 0.444. The van der Waals surface area contributed by atoms with E-state index in [1.165, 1.54) is 12.3 Å². The summed E-state index contributed by atoms with van der Waals surface area (Å²) >= 11 is 5.74. The Balaban J connectivity index is 2.89. The summed E-state index contributed by atoms with van der Waals surface area (Å²) in [5.41, 5.74) is 6.09. The van der Waals surface area contributed by atoms with E-state index < -0.39 is 12.2 Å². The van der Waals surface area contributed by atoms with Crippen LogP contribution in [-0.2, 0) is 0 Å². The number of aromatic nitrogens is 1. The molecule has 0 spiro atoms. The molecule has 0 radical (unpaired) electrons. The number of aliphatic hydroxyl groups excluding tert-OH is 3. The van der Waals surface area contributed by atoms with Gasteiger partial charge in [0.2, 0.25) is 0 Å². The van der Waals surface area contributed by atoms with E-state index in [9.17, 15) is 10.2 Å². The summed E-state index contributed by atoms with van der Waals surface area (Å²) < 4.78 is 0. The lowest BCUT2D eigenvalue weighted by Crippen LogP contribution is -2.20. The second-order valence-corrected chi connectivity index (χ2v) is 3.53. The molecule has 0 aliphatic carbocycles. The van der Waals surface area contributed by atoms with Crippen LogP contribution in [0.3, 0.4) is 0 Å². The minimum absolute atomic E-state index is 0.0618. The molecule has 2 unspecified atom stereocenters. The maximum Gasteiger partial charge on any atom is 0.135 e. The van der Waals surface area contributed by atoms with Gasteiger partial charge in [-0.05, 0) is 12.5 Å². The Bertz CT molecular complexity index is 335. The molecule has 1 aromatic heterocycles. The monoisotopic (exact) mass is 232 g/mol. The Kier molecular flexibility index (Phi) is 4.28. The van der Waals surface area contributed by atoms with Crippen LogP contribution < -0.4 is 5.73 Å². The molecule has 1 aromatic rings. The predicted molar refractivity (Wildman–Crippen MR) is 56.3 cm³/mol. The average molecular weight is 233 g/mol. The summed E-state index contributed by atoms with van der Waals surface area (Å²) in [6, 6.07) is 1.45. The molecule has 0 aromatic carbocycles. The van der Waals surface area contributed by atoms with Gasteiger partial charge in [-0.3, -0.25) is 0 Å². The number of anilines is 1. The van der Waals surface area contributed by atoms with Crippen LogP contribution in [-0.4, -0.2) is 33.0 Å². The summed E-state index contributed by atoms with van der Waals surface area (Å²) in [5, 5.41) is 27.8. The van der Waals surface area contributed by atoms with Crippen LogP contribution in [0.1, 0.15) is 18.1 Å².